The van der Waals surface area contributed by atoms with Crippen molar-refractivity contribution in [1.82, 2.24) is 10.3 Å². The van der Waals surface area contributed by atoms with Crippen LogP contribution in [0.15, 0.2) is 48.5 Å². The number of alkyl carbamates (subject to hydrolysis) is 1. The van der Waals surface area contributed by atoms with E-state index in [1.165, 1.54) is 0 Å². The van der Waals surface area contributed by atoms with E-state index in [1.807, 2.05) is 48.5 Å². The number of hydrogen-bond donors (Lipinski definition) is 3. The summed E-state index contributed by atoms with van der Waals surface area (Å²) in [6, 6.07) is 15.3. The largest absolute Gasteiger partial charge is 0.489 e. The molecule has 0 bridgehead atoms. The summed E-state index contributed by atoms with van der Waals surface area (Å²) < 4.78 is 11.1. The molecule has 7 nitrogen and oxygen atoms in total. The van der Waals surface area contributed by atoms with Gasteiger partial charge in [-0.2, -0.15) is 0 Å². The molecule has 3 aromatic rings. The number of carboxylic acid groups (broad SMARTS) is 1. The van der Waals surface area contributed by atoms with Gasteiger partial charge in [-0.1, -0.05) is 30.3 Å². The van der Waals surface area contributed by atoms with E-state index in [1.54, 1.807) is 20.8 Å². The number of rotatable bonds is 8. The van der Waals surface area contributed by atoms with E-state index < -0.39 is 17.7 Å². The summed E-state index contributed by atoms with van der Waals surface area (Å²) in [5, 5.41) is 13.1. The number of H-pyrrole nitrogens is 1. The molecule has 0 aliphatic rings. The van der Waals surface area contributed by atoms with Gasteiger partial charge in [-0.15, -0.1) is 0 Å². The minimum atomic E-state index is -1.02. The van der Waals surface area contributed by atoms with Gasteiger partial charge < -0.3 is 24.9 Å². The monoisotopic (exact) mass is 424 g/mol. The van der Waals surface area contributed by atoms with E-state index in [0.717, 1.165) is 16.5 Å². The number of carbonyl (C=O) groups excluding carboxylic acids is 1. The van der Waals surface area contributed by atoms with Crippen LogP contribution in [0.1, 0.15) is 48.8 Å². The Bertz CT molecular complexity index is 1050. The summed E-state index contributed by atoms with van der Waals surface area (Å²) in [7, 11) is 0. The van der Waals surface area contributed by atoms with Crippen LogP contribution in [0, 0.1) is 0 Å². The summed E-state index contributed by atoms with van der Waals surface area (Å²) in [6.07, 6.45) is 0.572. The van der Waals surface area contributed by atoms with E-state index >= 15 is 0 Å². The zero-order valence-corrected chi connectivity index (χ0v) is 18.0. The topological polar surface area (TPSA) is 101 Å². The molecule has 0 unspecified atom stereocenters. The minimum absolute atomic E-state index is 0.160. The van der Waals surface area contributed by atoms with Crippen molar-refractivity contribution in [2.45, 2.75) is 45.8 Å². The number of nitrogens with one attached hydrogen (secondary N) is 2. The predicted molar refractivity (Wildman–Crippen MR) is 119 cm³/mol. The van der Waals surface area contributed by atoms with Gasteiger partial charge >= 0.3 is 12.1 Å². The molecule has 0 saturated heterocycles. The molecule has 2 aromatic carbocycles. The molecular formula is C24H28N2O5. The van der Waals surface area contributed by atoms with E-state index in [-0.39, 0.29) is 5.69 Å². The Hall–Kier alpha value is -3.48. The molecule has 3 N–H and O–H groups in total. The molecule has 0 radical (unpaired) electrons. The van der Waals surface area contributed by atoms with Crippen molar-refractivity contribution >= 4 is 23.0 Å². The van der Waals surface area contributed by atoms with Crippen LogP contribution in [0.4, 0.5) is 4.79 Å². The standard InChI is InChI=1S/C24H28N2O5/c1-24(2,3)31-23(29)25-13-7-10-18-19-14-17(30-15-16-8-5-4-6-9-16)11-12-20(19)26-21(18)22(27)28/h4-6,8-9,11-12,14,26H,7,10,13,15H2,1-3H3,(H,25,29)(H,27,28). The van der Waals surface area contributed by atoms with Crippen molar-refractivity contribution in [3.63, 3.8) is 0 Å². The van der Waals surface area contributed by atoms with Gasteiger partial charge in [0.15, 0.2) is 0 Å². The second-order valence-electron chi connectivity index (χ2n) is 8.30. The van der Waals surface area contributed by atoms with Crippen molar-refractivity contribution in [3.8, 4) is 5.75 Å². The SMILES string of the molecule is CC(C)(C)OC(=O)NCCCc1c(C(=O)O)[nH]c2ccc(OCc3ccccc3)cc12. The van der Waals surface area contributed by atoms with Gasteiger partial charge in [0.05, 0.1) is 0 Å². The maximum Gasteiger partial charge on any atom is 0.407 e. The number of amides is 1. The smallest absolute Gasteiger partial charge is 0.407 e. The molecule has 164 valence electrons. The van der Waals surface area contributed by atoms with Crippen molar-refractivity contribution < 1.29 is 24.2 Å². The first-order chi connectivity index (χ1) is 14.7. The van der Waals surface area contributed by atoms with Gasteiger partial charge in [-0.3, -0.25) is 0 Å². The number of fused-ring (bicyclic) bond motifs is 1. The van der Waals surface area contributed by atoms with E-state index in [0.29, 0.717) is 37.3 Å². The lowest BCUT2D eigenvalue weighted by molar-refractivity contribution is 0.0526. The van der Waals surface area contributed by atoms with Crippen LogP contribution >= 0.6 is 0 Å². The second kappa shape index (κ2) is 9.55. The lowest BCUT2D eigenvalue weighted by atomic mass is 10.0. The lowest BCUT2D eigenvalue weighted by Gasteiger charge is -2.19. The highest BCUT2D eigenvalue weighted by molar-refractivity contribution is 5.97. The number of benzene rings is 2. The molecule has 0 atom stereocenters. The Labute approximate surface area is 181 Å². The van der Waals surface area contributed by atoms with Gasteiger partial charge in [-0.05, 0) is 62.9 Å². The van der Waals surface area contributed by atoms with Gasteiger partial charge in [0, 0.05) is 17.4 Å². The fourth-order valence-electron chi connectivity index (χ4n) is 3.27. The van der Waals surface area contributed by atoms with E-state index in [2.05, 4.69) is 10.3 Å². The zero-order chi connectivity index (χ0) is 22.4. The molecule has 1 heterocycles. The van der Waals surface area contributed by atoms with Crippen molar-refractivity contribution in [1.29, 1.82) is 0 Å². The minimum Gasteiger partial charge on any atom is -0.489 e. The first-order valence-corrected chi connectivity index (χ1v) is 10.2. The summed E-state index contributed by atoms with van der Waals surface area (Å²) >= 11 is 0. The first-order valence-electron chi connectivity index (χ1n) is 10.2. The Morgan fingerprint density at radius 3 is 2.52 bits per heavy atom. The Morgan fingerprint density at radius 1 is 1.10 bits per heavy atom. The van der Waals surface area contributed by atoms with Crippen LogP contribution in [0.5, 0.6) is 5.75 Å². The van der Waals surface area contributed by atoms with Crippen LogP contribution in [0.2, 0.25) is 0 Å². The molecule has 31 heavy (non-hydrogen) atoms. The normalized spacial score (nSPS) is 11.3. The molecule has 1 amide bonds. The Kier molecular flexibility index (Phi) is 6.84. The zero-order valence-electron chi connectivity index (χ0n) is 18.0. The van der Waals surface area contributed by atoms with E-state index in [4.69, 9.17) is 9.47 Å². The molecule has 1 aromatic heterocycles. The summed E-state index contributed by atoms with van der Waals surface area (Å²) in [4.78, 5) is 26.5. The van der Waals surface area contributed by atoms with Crippen LogP contribution in [0.3, 0.4) is 0 Å². The van der Waals surface area contributed by atoms with Crippen molar-refractivity contribution in [3.05, 3.63) is 65.4 Å². The van der Waals surface area contributed by atoms with Crippen LogP contribution in [-0.2, 0) is 17.8 Å². The molecule has 0 aliphatic heterocycles. The quantitative estimate of drug-likeness (QED) is 0.447. The molecule has 0 fully saturated rings. The average Bonchev–Trinajstić information content (AvgIpc) is 3.07. The second-order valence-corrected chi connectivity index (χ2v) is 8.30. The van der Waals surface area contributed by atoms with Crippen LogP contribution < -0.4 is 10.1 Å². The maximum atomic E-state index is 11.8. The third-order valence-corrected chi connectivity index (χ3v) is 4.61. The van der Waals surface area contributed by atoms with Gasteiger partial charge in [-0.25, -0.2) is 9.59 Å². The fourth-order valence-corrected chi connectivity index (χ4v) is 3.27. The fraction of sp³-hybridized carbons (Fsp3) is 0.333. The first kappa shape index (κ1) is 22.2. The van der Waals surface area contributed by atoms with E-state index in [9.17, 15) is 14.7 Å². The highest BCUT2D eigenvalue weighted by atomic mass is 16.6. The molecule has 7 heteroatoms. The highest BCUT2D eigenvalue weighted by Crippen LogP contribution is 2.28. The van der Waals surface area contributed by atoms with Crippen molar-refractivity contribution in [2.24, 2.45) is 0 Å². The number of aromatic carboxylic acids is 1. The third-order valence-electron chi connectivity index (χ3n) is 4.61. The van der Waals surface area contributed by atoms with Gasteiger partial charge in [0.1, 0.15) is 23.7 Å². The van der Waals surface area contributed by atoms with Crippen LogP contribution in [-0.4, -0.2) is 34.3 Å². The number of carbonyl (C=O) groups is 2. The highest BCUT2D eigenvalue weighted by Gasteiger charge is 2.18. The summed E-state index contributed by atoms with van der Waals surface area (Å²) in [5.41, 5.74) is 2.08. The maximum absolute atomic E-state index is 11.8. The van der Waals surface area contributed by atoms with Gasteiger partial charge in [0.2, 0.25) is 0 Å². The molecule has 0 aliphatic carbocycles. The summed E-state index contributed by atoms with van der Waals surface area (Å²) in [6.45, 7) is 6.21. The number of aromatic amines is 1. The number of hydrogen-bond acceptors (Lipinski definition) is 4. The average molecular weight is 424 g/mol. The lowest BCUT2D eigenvalue weighted by Crippen LogP contribution is -2.33. The van der Waals surface area contributed by atoms with Crippen molar-refractivity contribution in [2.75, 3.05) is 6.54 Å². The number of carboxylic acids is 1. The molecule has 0 saturated carbocycles. The number of aryl methyl sites for hydroxylation is 1. The Balaban J connectivity index is 1.70. The molecule has 3 rings (SSSR count). The molecule has 0 spiro atoms. The Morgan fingerprint density at radius 2 is 1.84 bits per heavy atom. The third kappa shape index (κ3) is 6.25. The predicted octanol–water partition coefficient (Wildman–Crippen LogP) is 4.90. The number of ether oxygens (including phenoxy) is 2. The van der Waals surface area contributed by atoms with Gasteiger partial charge in [0.25, 0.3) is 0 Å². The molecular weight excluding hydrogens is 396 g/mol. The summed E-state index contributed by atoms with van der Waals surface area (Å²) in [5.74, 6) is -0.349. The number of aromatic nitrogens is 1. The van der Waals surface area contributed by atoms with Crippen LogP contribution in [0.25, 0.3) is 10.9 Å².